The summed E-state index contributed by atoms with van der Waals surface area (Å²) in [6.45, 7) is 1.54. The molecule has 0 unspecified atom stereocenters. The number of amides is 1. The van der Waals surface area contributed by atoms with Crippen LogP contribution in [-0.2, 0) is 11.3 Å². The van der Waals surface area contributed by atoms with Crippen LogP contribution < -0.4 is 5.73 Å². The maximum atomic E-state index is 11.3. The van der Waals surface area contributed by atoms with Crippen molar-refractivity contribution in [1.82, 2.24) is 4.57 Å². The van der Waals surface area contributed by atoms with E-state index in [1.54, 1.807) is 13.2 Å². The van der Waals surface area contributed by atoms with Crippen molar-refractivity contribution in [3.63, 3.8) is 0 Å². The second-order valence-corrected chi connectivity index (χ2v) is 5.13. The summed E-state index contributed by atoms with van der Waals surface area (Å²) in [5, 5.41) is 1.09. The van der Waals surface area contributed by atoms with E-state index in [1.165, 1.54) is 18.5 Å². The first-order valence-corrected chi connectivity index (χ1v) is 6.62. The minimum Gasteiger partial charge on any atom is -0.383 e. The van der Waals surface area contributed by atoms with Crippen LogP contribution in [0, 0.1) is 0 Å². The number of methoxy groups -OCH3 is 1. The monoisotopic (exact) mass is 258 g/mol. The molecule has 0 aliphatic heterocycles. The SMILES string of the molecule is COCCn1c(C2CC2)cc2cc(C(N)=O)ccc21. The zero-order valence-electron chi connectivity index (χ0n) is 11.1. The molecule has 4 nitrogen and oxygen atoms in total. The molecule has 0 radical (unpaired) electrons. The van der Waals surface area contributed by atoms with Crippen molar-refractivity contribution < 1.29 is 9.53 Å². The fourth-order valence-electron chi connectivity index (χ4n) is 2.59. The first kappa shape index (κ1) is 12.2. The molecule has 1 aliphatic rings. The lowest BCUT2D eigenvalue weighted by molar-refractivity contribution is 0.100. The molecule has 1 aromatic heterocycles. The average molecular weight is 258 g/mol. The summed E-state index contributed by atoms with van der Waals surface area (Å²) in [4.78, 5) is 11.3. The van der Waals surface area contributed by atoms with Crippen molar-refractivity contribution in [3.8, 4) is 0 Å². The molecule has 1 fully saturated rings. The zero-order chi connectivity index (χ0) is 13.4. The van der Waals surface area contributed by atoms with Gasteiger partial charge in [-0.1, -0.05) is 0 Å². The van der Waals surface area contributed by atoms with Gasteiger partial charge < -0.3 is 15.0 Å². The summed E-state index contributed by atoms with van der Waals surface area (Å²) < 4.78 is 7.49. The number of hydrogen-bond donors (Lipinski definition) is 1. The standard InChI is InChI=1S/C15H18N2O2/c1-19-7-6-17-13-5-4-11(15(16)18)8-12(13)9-14(17)10-2-3-10/h4-5,8-10H,2-3,6-7H2,1H3,(H2,16,18). The van der Waals surface area contributed by atoms with Crippen molar-refractivity contribution >= 4 is 16.8 Å². The average Bonchev–Trinajstić information content (AvgIpc) is 3.18. The number of primary amides is 1. The highest BCUT2D eigenvalue weighted by atomic mass is 16.5. The van der Waals surface area contributed by atoms with E-state index in [2.05, 4.69) is 10.6 Å². The maximum absolute atomic E-state index is 11.3. The molecule has 1 amide bonds. The first-order valence-electron chi connectivity index (χ1n) is 6.62. The Morgan fingerprint density at radius 3 is 2.84 bits per heavy atom. The lowest BCUT2D eigenvalue weighted by Crippen LogP contribution is -2.10. The van der Waals surface area contributed by atoms with Gasteiger partial charge in [-0.3, -0.25) is 4.79 Å². The molecular weight excluding hydrogens is 240 g/mol. The molecule has 0 bridgehead atoms. The molecule has 0 atom stereocenters. The van der Waals surface area contributed by atoms with Crippen molar-refractivity contribution in [3.05, 3.63) is 35.5 Å². The van der Waals surface area contributed by atoms with Gasteiger partial charge in [0.15, 0.2) is 0 Å². The maximum Gasteiger partial charge on any atom is 0.248 e. The molecule has 2 aromatic rings. The second-order valence-electron chi connectivity index (χ2n) is 5.13. The highest BCUT2D eigenvalue weighted by molar-refractivity contribution is 5.97. The van der Waals surface area contributed by atoms with Gasteiger partial charge in [-0.15, -0.1) is 0 Å². The van der Waals surface area contributed by atoms with Crippen molar-refractivity contribution in [2.24, 2.45) is 5.73 Å². The van der Waals surface area contributed by atoms with Crippen molar-refractivity contribution in [2.75, 3.05) is 13.7 Å². The van der Waals surface area contributed by atoms with Crippen molar-refractivity contribution in [2.45, 2.75) is 25.3 Å². The summed E-state index contributed by atoms with van der Waals surface area (Å²) in [5.74, 6) is 0.292. The smallest absolute Gasteiger partial charge is 0.248 e. The Morgan fingerprint density at radius 2 is 2.21 bits per heavy atom. The molecule has 3 rings (SSSR count). The number of rotatable bonds is 5. The normalized spacial score (nSPS) is 15.0. The fraction of sp³-hybridized carbons (Fsp3) is 0.400. The Morgan fingerprint density at radius 1 is 1.42 bits per heavy atom. The minimum absolute atomic E-state index is 0.375. The Hall–Kier alpha value is -1.81. The number of aromatic nitrogens is 1. The predicted octanol–water partition coefficient (Wildman–Crippen LogP) is 2.26. The molecule has 4 heteroatoms. The molecule has 1 saturated carbocycles. The topological polar surface area (TPSA) is 57.2 Å². The number of hydrogen-bond acceptors (Lipinski definition) is 2. The number of benzene rings is 1. The van der Waals surface area contributed by atoms with Crippen molar-refractivity contribution in [1.29, 1.82) is 0 Å². The Kier molecular flexibility index (Phi) is 3.03. The van der Waals surface area contributed by atoms with Gasteiger partial charge in [-0.25, -0.2) is 0 Å². The van der Waals surface area contributed by atoms with Crippen LogP contribution >= 0.6 is 0 Å². The van der Waals surface area contributed by atoms with E-state index < -0.39 is 0 Å². The van der Waals surface area contributed by atoms with Crippen LogP contribution in [0.4, 0.5) is 0 Å². The fourth-order valence-corrected chi connectivity index (χ4v) is 2.59. The number of carbonyl (C=O) groups is 1. The summed E-state index contributed by atoms with van der Waals surface area (Å²) in [6.07, 6.45) is 2.51. The molecule has 19 heavy (non-hydrogen) atoms. The van der Waals surface area contributed by atoms with Gasteiger partial charge in [0, 0.05) is 35.8 Å². The van der Waals surface area contributed by atoms with Gasteiger partial charge >= 0.3 is 0 Å². The van der Waals surface area contributed by atoms with Gasteiger partial charge in [0.25, 0.3) is 0 Å². The van der Waals surface area contributed by atoms with E-state index >= 15 is 0 Å². The summed E-state index contributed by atoms with van der Waals surface area (Å²) in [7, 11) is 1.72. The molecule has 0 spiro atoms. The molecule has 0 saturated heterocycles. The third-order valence-corrected chi connectivity index (χ3v) is 3.73. The molecular formula is C15H18N2O2. The van der Waals surface area contributed by atoms with Gasteiger partial charge in [0.05, 0.1) is 6.61 Å². The second kappa shape index (κ2) is 4.70. The molecule has 1 heterocycles. The van der Waals surface area contributed by atoms with E-state index in [0.717, 1.165) is 17.4 Å². The summed E-state index contributed by atoms with van der Waals surface area (Å²) in [6, 6.07) is 7.85. The lowest BCUT2D eigenvalue weighted by Gasteiger charge is -2.09. The van der Waals surface area contributed by atoms with Crippen LogP contribution in [0.15, 0.2) is 24.3 Å². The van der Waals surface area contributed by atoms with Gasteiger partial charge in [-0.05, 0) is 43.0 Å². The number of carbonyl (C=O) groups excluding carboxylic acids is 1. The number of fused-ring (bicyclic) bond motifs is 1. The minimum atomic E-state index is -0.375. The molecule has 1 aromatic carbocycles. The van der Waals surface area contributed by atoms with E-state index in [0.29, 0.717) is 18.1 Å². The number of ether oxygens (including phenoxy) is 1. The van der Waals surface area contributed by atoms with Crippen LogP contribution in [0.5, 0.6) is 0 Å². The lowest BCUT2D eigenvalue weighted by atomic mass is 10.1. The predicted molar refractivity (Wildman–Crippen MR) is 74.3 cm³/mol. The van der Waals surface area contributed by atoms with Crippen LogP contribution in [0.1, 0.15) is 34.8 Å². The summed E-state index contributed by atoms with van der Waals surface area (Å²) >= 11 is 0. The van der Waals surface area contributed by atoms with Crippen LogP contribution in [-0.4, -0.2) is 24.2 Å². The molecule has 2 N–H and O–H groups in total. The number of nitrogens with zero attached hydrogens (tertiary/aromatic N) is 1. The highest BCUT2D eigenvalue weighted by Crippen LogP contribution is 2.42. The van der Waals surface area contributed by atoms with Gasteiger partial charge in [0.1, 0.15) is 0 Å². The Balaban J connectivity index is 2.09. The first-order chi connectivity index (χ1) is 9.20. The number of nitrogens with two attached hydrogens (primary N) is 1. The quantitative estimate of drug-likeness (QED) is 0.894. The zero-order valence-corrected chi connectivity index (χ0v) is 11.1. The Bertz CT molecular complexity index is 626. The summed E-state index contributed by atoms with van der Waals surface area (Å²) in [5.41, 5.74) is 8.42. The molecule has 100 valence electrons. The van der Waals surface area contributed by atoms with E-state index in [-0.39, 0.29) is 5.91 Å². The Labute approximate surface area is 112 Å². The van der Waals surface area contributed by atoms with E-state index in [1.807, 2.05) is 12.1 Å². The highest BCUT2D eigenvalue weighted by Gasteiger charge is 2.27. The third kappa shape index (κ3) is 2.24. The van der Waals surface area contributed by atoms with Gasteiger partial charge in [0.2, 0.25) is 5.91 Å². The largest absolute Gasteiger partial charge is 0.383 e. The van der Waals surface area contributed by atoms with Crippen LogP contribution in [0.25, 0.3) is 10.9 Å². The molecule has 1 aliphatic carbocycles. The van der Waals surface area contributed by atoms with Crippen LogP contribution in [0.2, 0.25) is 0 Å². The third-order valence-electron chi connectivity index (χ3n) is 3.73. The van der Waals surface area contributed by atoms with E-state index in [9.17, 15) is 4.79 Å². The van der Waals surface area contributed by atoms with Crippen LogP contribution in [0.3, 0.4) is 0 Å². The van der Waals surface area contributed by atoms with E-state index in [4.69, 9.17) is 10.5 Å². The van der Waals surface area contributed by atoms with Gasteiger partial charge in [-0.2, -0.15) is 0 Å².